The largest absolute Gasteiger partial charge is 0.493 e. The summed E-state index contributed by atoms with van der Waals surface area (Å²) in [5.41, 5.74) is -0.399. The fourth-order valence-corrected chi connectivity index (χ4v) is 3.32. The highest BCUT2D eigenvalue weighted by molar-refractivity contribution is 5.87. The van der Waals surface area contributed by atoms with E-state index < -0.39 is 17.6 Å². The second-order valence-electron chi connectivity index (χ2n) is 7.46. The number of imidazole rings is 1. The number of nitrogens with one attached hydrogen (secondary N) is 2. The molecule has 0 spiro atoms. The summed E-state index contributed by atoms with van der Waals surface area (Å²) in [4.78, 5) is 19.7. The number of carbonyl (C=O) groups is 1. The van der Waals surface area contributed by atoms with Crippen molar-refractivity contribution in [3.8, 4) is 17.2 Å². The van der Waals surface area contributed by atoms with Crippen molar-refractivity contribution in [1.29, 1.82) is 0 Å². The molecule has 182 valence electrons. The second-order valence-corrected chi connectivity index (χ2v) is 7.46. The Balaban J connectivity index is 1.69. The molecule has 0 unspecified atom stereocenters. The van der Waals surface area contributed by atoms with Gasteiger partial charge >= 0.3 is 6.18 Å². The lowest BCUT2D eigenvalue weighted by Crippen LogP contribution is -2.07. The molecule has 2 aromatic heterocycles. The van der Waals surface area contributed by atoms with Crippen molar-refractivity contribution in [3.63, 3.8) is 0 Å². The van der Waals surface area contributed by atoms with Gasteiger partial charge in [0.1, 0.15) is 17.4 Å². The van der Waals surface area contributed by atoms with Crippen LogP contribution < -0.4 is 20.1 Å². The van der Waals surface area contributed by atoms with E-state index in [2.05, 4.69) is 20.6 Å². The number of amides is 1. The van der Waals surface area contributed by atoms with E-state index in [4.69, 9.17) is 9.47 Å². The molecular weight excluding hydrogens is 470 g/mol. The molecule has 0 atom stereocenters. The highest BCUT2D eigenvalue weighted by atomic mass is 19.4. The maximum atomic E-state index is 14.2. The lowest BCUT2D eigenvalue weighted by molar-refractivity contribution is -0.137. The lowest BCUT2D eigenvalue weighted by atomic mass is 10.2. The van der Waals surface area contributed by atoms with Gasteiger partial charge in [0.2, 0.25) is 11.9 Å². The summed E-state index contributed by atoms with van der Waals surface area (Å²) in [6.45, 7) is 1.35. The van der Waals surface area contributed by atoms with Gasteiger partial charge < -0.3 is 24.7 Å². The number of hydrogen-bond acceptors (Lipinski definition) is 6. The Kier molecular flexibility index (Phi) is 6.20. The van der Waals surface area contributed by atoms with Crippen LogP contribution >= 0.6 is 0 Å². The number of aromatic nitrogens is 3. The monoisotopic (exact) mass is 489 g/mol. The Morgan fingerprint density at radius 2 is 1.86 bits per heavy atom. The third-order valence-electron chi connectivity index (χ3n) is 4.97. The van der Waals surface area contributed by atoms with Crippen molar-refractivity contribution < 1.29 is 31.8 Å². The first-order valence-corrected chi connectivity index (χ1v) is 10.1. The van der Waals surface area contributed by atoms with E-state index in [-0.39, 0.29) is 23.3 Å². The summed E-state index contributed by atoms with van der Waals surface area (Å²) >= 11 is 0. The minimum Gasteiger partial charge on any atom is -0.493 e. The van der Waals surface area contributed by atoms with Crippen LogP contribution in [-0.2, 0) is 18.0 Å². The maximum absolute atomic E-state index is 14.2. The zero-order valence-electron chi connectivity index (χ0n) is 18.7. The normalized spacial score (nSPS) is 11.4. The van der Waals surface area contributed by atoms with Gasteiger partial charge in [0.25, 0.3) is 0 Å². The number of methoxy groups -OCH3 is 1. The Morgan fingerprint density at radius 1 is 1.09 bits per heavy atom. The van der Waals surface area contributed by atoms with Crippen LogP contribution in [-0.4, -0.2) is 27.6 Å². The van der Waals surface area contributed by atoms with Crippen LogP contribution in [0.3, 0.4) is 0 Å². The van der Waals surface area contributed by atoms with Crippen molar-refractivity contribution in [1.82, 2.24) is 14.5 Å². The minimum absolute atomic E-state index is 0.106. The summed E-state index contributed by atoms with van der Waals surface area (Å²) in [6.07, 6.45) is -3.17. The molecular formula is C23H19F4N5O3. The van der Waals surface area contributed by atoms with E-state index in [1.54, 1.807) is 29.8 Å². The zero-order chi connectivity index (χ0) is 25.3. The molecule has 0 aliphatic heterocycles. The topological polar surface area (TPSA) is 90.3 Å². The van der Waals surface area contributed by atoms with Gasteiger partial charge in [-0.3, -0.25) is 4.79 Å². The number of pyridine rings is 1. The molecule has 1 amide bonds. The Morgan fingerprint density at radius 3 is 2.54 bits per heavy atom. The first-order valence-electron chi connectivity index (χ1n) is 10.1. The molecule has 0 bridgehead atoms. The second kappa shape index (κ2) is 9.12. The molecule has 8 nitrogen and oxygen atoms in total. The van der Waals surface area contributed by atoms with E-state index >= 15 is 0 Å². The molecule has 2 heterocycles. The molecule has 0 aliphatic carbocycles. The lowest BCUT2D eigenvalue weighted by Gasteiger charge is -2.12. The van der Waals surface area contributed by atoms with E-state index in [1.807, 2.05) is 0 Å². The quantitative estimate of drug-likeness (QED) is 0.341. The summed E-state index contributed by atoms with van der Waals surface area (Å²) in [7, 11) is 3.06. The van der Waals surface area contributed by atoms with Gasteiger partial charge in [0, 0.05) is 38.4 Å². The van der Waals surface area contributed by atoms with E-state index in [0.29, 0.717) is 40.5 Å². The number of carbonyl (C=O) groups excluding carboxylic acids is 1. The Hall–Kier alpha value is -4.35. The molecule has 2 aromatic carbocycles. The summed E-state index contributed by atoms with van der Waals surface area (Å²) in [6, 6.07) is 8.39. The highest BCUT2D eigenvalue weighted by Gasteiger charge is 2.31. The fraction of sp³-hybridized carbons (Fsp3) is 0.174. The van der Waals surface area contributed by atoms with Gasteiger partial charge in [-0.25, -0.2) is 14.4 Å². The van der Waals surface area contributed by atoms with E-state index in [0.717, 1.165) is 6.07 Å². The Labute approximate surface area is 196 Å². The van der Waals surface area contributed by atoms with Gasteiger partial charge in [-0.05, 0) is 24.3 Å². The molecule has 0 fully saturated rings. The summed E-state index contributed by atoms with van der Waals surface area (Å²) < 4.78 is 66.3. The van der Waals surface area contributed by atoms with Crippen molar-refractivity contribution in [2.24, 2.45) is 7.05 Å². The van der Waals surface area contributed by atoms with Gasteiger partial charge in [-0.15, -0.1) is 0 Å². The van der Waals surface area contributed by atoms with Crippen LogP contribution in [0.2, 0.25) is 0 Å². The van der Waals surface area contributed by atoms with Gasteiger partial charge in [0.05, 0.1) is 29.4 Å². The van der Waals surface area contributed by atoms with Crippen molar-refractivity contribution >= 4 is 34.4 Å². The number of halogens is 4. The predicted molar refractivity (Wildman–Crippen MR) is 121 cm³/mol. The van der Waals surface area contributed by atoms with Crippen LogP contribution in [0.15, 0.2) is 48.7 Å². The highest BCUT2D eigenvalue weighted by Crippen LogP contribution is 2.37. The zero-order valence-corrected chi connectivity index (χ0v) is 18.7. The molecule has 0 aliphatic rings. The number of alkyl halides is 3. The molecule has 2 N–H and O–H groups in total. The van der Waals surface area contributed by atoms with Crippen LogP contribution in [0.1, 0.15) is 12.5 Å². The average molecular weight is 489 g/mol. The molecule has 4 aromatic rings. The smallest absolute Gasteiger partial charge is 0.416 e. The van der Waals surface area contributed by atoms with Crippen LogP contribution in [0.4, 0.5) is 35.0 Å². The summed E-state index contributed by atoms with van der Waals surface area (Å²) in [5.74, 6) is 0.238. The van der Waals surface area contributed by atoms with Gasteiger partial charge in [-0.2, -0.15) is 13.2 Å². The molecule has 4 rings (SSSR count). The Bertz CT molecular complexity index is 1420. The number of ether oxygens (including phenoxy) is 2. The molecule has 0 saturated carbocycles. The number of benzene rings is 2. The first kappa shape index (κ1) is 23.8. The molecule has 35 heavy (non-hydrogen) atoms. The number of hydrogen-bond donors (Lipinski definition) is 2. The molecule has 12 heteroatoms. The number of anilines is 3. The van der Waals surface area contributed by atoms with E-state index in [1.165, 1.54) is 26.3 Å². The van der Waals surface area contributed by atoms with Gasteiger partial charge in [-0.1, -0.05) is 0 Å². The first-order chi connectivity index (χ1) is 16.5. The van der Waals surface area contributed by atoms with E-state index in [9.17, 15) is 22.4 Å². The SMILES string of the molecule is COc1cc2c(cc1Oc1ccnc(NC(C)=O)c1)nc(Nc1cc(C(F)(F)F)ccc1F)n2C. The van der Waals surface area contributed by atoms with Crippen molar-refractivity contribution in [3.05, 3.63) is 60.0 Å². The summed E-state index contributed by atoms with van der Waals surface area (Å²) in [5, 5.41) is 5.18. The third-order valence-corrected chi connectivity index (χ3v) is 4.97. The van der Waals surface area contributed by atoms with Crippen LogP contribution in [0.5, 0.6) is 17.2 Å². The van der Waals surface area contributed by atoms with Crippen molar-refractivity contribution in [2.75, 3.05) is 17.7 Å². The maximum Gasteiger partial charge on any atom is 0.416 e. The minimum atomic E-state index is -4.62. The molecule has 0 saturated heterocycles. The van der Waals surface area contributed by atoms with Crippen LogP contribution in [0, 0.1) is 5.82 Å². The third kappa shape index (κ3) is 5.10. The number of rotatable bonds is 6. The standard InChI is InChI=1S/C23H19F4N5O3/c1-12(33)29-21-9-14(6-7-28-21)35-20-10-17-18(11-19(20)34-3)32(2)22(31-17)30-16-8-13(23(25,26)27)4-5-15(16)24/h4-11H,1-3H3,(H,30,31)(H,28,29,33). The predicted octanol–water partition coefficient (Wildman–Crippen LogP) is 5.63. The number of fused-ring (bicyclic) bond motifs is 1. The van der Waals surface area contributed by atoms with Gasteiger partial charge in [0.15, 0.2) is 11.5 Å². The van der Waals surface area contributed by atoms with Crippen LogP contribution in [0.25, 0.3) is 11.0 Å². The average Bonchev–Trinajstić information content (AvgIpc) is 3.08. The van der Waals surface area contributed by atoms with Crippen molar-refractivity contribution in [2.45, 2.75) is 13.1 Å². The number of nitrogens with zero attached hydrogens (tertiary/aromatic N) is 3. The number of aryl methyl sites for hydroxylation is 1. The molecule has 0 radical (unpaired) electrons. The fourth-order valence-electron chi connectivity index (χ4n) is 3.32.